The van der Waals surface area contributed by atoms with E-state index in [1.807, 2.05) is 6.92 Å². The average molecular weight is 469 g/mol. The lowest BCUT2D eigenvalue weighted by atomic mass is 10.1. The summed E-state index contributed by atoms with van der Waals surface area (Å²) in [6, 6.07) is 13.3. The molecule has 3 rings (SSSR count). The highest BCUT2D eigenvalue weighted by Gasteiger charge is 2.37. The minimum absolute atomic E-state index is 0.00564. The summed E-state index contributed by atoms with van der Waals surface area (Å²) in [5.74, 6) is -1.94. The van der Waals surface area contributed by atoms with Gasteiger partial charge < -0.3 is 24.4 Å². The molecule has 1 N–H and O–H groups in total. The van der Waals surface area contributed by atoms with Crippen molar-refractivity contribution < 1.29 is 33.4 Å². The minimum atomic E-state index is -0.678. The van der Waals surface area contributed by atoms with E-state index in [1.165, 1.54) is 12.0 Å². The number of unbranched alkanes of at least 4 members (excludes halogenated alkanes) is 1. The van der Waals surface area contributed by atoms with Gasteiger partial charge in [-0.25, -0.2) is 4.79 Å². The van der Waals surface area contributed by atoms with Gasteiger partial charge in [0, 0.05) is 18.7 Å². The normalized spacial score (nSPS) is 15.1. The molecule has 34 heavy (non-hydrogen) atoms. The number of benzene rings is 2. The second-order valence-corrected chi connectivity index (χ2v) is 7.80. The van der Waals surface area contributed by atoms with E-state index in [0.29, 0.717) is 29.3 Å². The predicted molar refractivity (Wildman–Crippen MR) is 125 cm³/mol. The van der Waals surface area contributed by atoms with E-state index in [1.54, 1.807) is 48.5 Å². The van der Waals surface area contributed by atoms with Crippen molar-refractivity contribution in [2.45, 2.75) is 26.2 Å². The zero-order valence-electron chi connectivity index (χ0n) is 19.2. The highest BCUT2D eigenvalue weighted by Crippen LogP contribution is 2.33. The second kappa shape index (κ2) is 11.8. The van der Waals surface area contributed by atoms with Gasteiger partial charge in [0.25, 0.3) is 5.91 Å². The largest absolute Gasteiger partial charge is 0.495 e. The summed E-state index contributed by atoms with van der Waals surface area (Å²) in [5, 5.41) is 2.60. The van der Waals surface area contributed by atoms with Gasteiger partial charge in [-0.15, -0.1) is 0 Å². The lowest BCUT2D eigenvalue weighted by Gasteiger charge is -2.19. The van der Waals surface area contributed by atoms with Crippen LogP contribution in [0.1, 0.15) is 36.5 Å². The van der Waals surface area contributed by atoms with Crippen molar-refractivity contribution in [2.24, 2.45) is 5.92 Å². The Balaban J connectivity index is 1.47. The van der Waals surface area contributed by atoms with Gasteiger partial charge in [0.15, 0.2) is 6.61 Å². The van der Waals surface area contributed by atoms with E-state index < -0.39 is 30.4 Å². The quantitative estimate of drug-likeness (QED) is 0.421. The van der Waals surface area contributed by atoms with Crippen LogP contribution in [-0.4, -0.2) is 50.6 Å². The molecule has 0 aliphatic carbocycles. The zero-order valence-corrected chi connectivity index (χ0v) is 19.2. The molecule has 0 spiro atoms. The van der Waals surface area contributed by atoms with Gasteiger partial charge in [0.05, 0.1) is 30.9 Å². The second-order valence-electron chi connectivity index (χ2n) is 7.80. The number of methoxy groups -OCH3 is 1. The van der Waals surface area contributed by atoms with Crippen LogP contribution in [-0.2, 0) is 23.9 Å². The van der Waals surface area contributed by atoms with Crippen molar-refractivity contribution in [3.05, 3.63) is 54.1 Å². The molecule has 1 saturated heterocycles. The summed E-state index contributed by atoms with van der Waals surface area (Å²) in [6.07, 6.45) is 1.72. The number of rotatable bonds is 10. The number of nitrogens with zero attached hydrogens (tertiary/aromatic N) is 1. The van der Waals surface area contributed by atoms with Crippen molar-refractivity contribution >= 4 is 35.1 Å². The molecule has 0 bridgehead atoms. The molecule has 0 aromatic heterocycles. The Morgan fingerprint density at radius 2 is 1.79 bits per heavy atom. The summed E-state index contributed by atoms with van der Waals surface area (Å²) >= 11 is 0. The van der Waals surface area contributed by atoms with Crippen molar-refractivity contribution in [1.29, 1.82) is 0 Å². The first-order chi connectivity index (χ1) is 16.4. The molecule has 1 atom stereocenters. The molecule has 0 unspecified atom stereocenters. The number of carbonyl (C=O) groups excluding carboxylic acids is 4. The SMILES string of the molecule is CCCCOC(=O)c1ccc(NC(=O)COC(=O)[C@H]2CC(=O)N(c3ccccc3OC)C2)cc1. The number of anilines is 2. The van der Waals surface area contributed by atoms with Crippen LogP contribution in [0.2, 0.25) is 0 Å². The number of hydrogen-bond donors (Lipinski definition) is 1. The third-order valence-electron chi connectivity index (χ3n) is 5.32. The number of carbonyl (C=O) groups is 4. The van der Waals surface area contributed by atoms with Gasteiger partial charge in [-0.05, 0) is 42.8 Å². The number of hydrogen-bond acceptors (Lipinski definition) is 7. The van der Waals surface area contributed by atoms with Gasteiger partial charge in [0.2, 0.25) is 5.91 Å². The topological polar surface area (TPSA) is 111 Å². The molecule has 1 aliphatic rings. The monoisotopic (exact) mass is 468 g/mol. The number of esters is 2. The first-order valence-corrected chi connectivity index (χ1v) is 11.1. The summed E-state index contributed by atoms with van der Waals surface area (Å²) < 4.78 is 15.6. The molecule has 0 saturated carbocycles. The highest BCUT2D eigenvalue weighted by atomic mass is 16.5. The van der Waals surface area contributed by atoms with Crippen LogP contribution < -0.4 is 15.0 Å². The van der Waals surface area contributed by atoms with Crippen molar-refractivity contribution in [2.75, 3.05) is 37.1 Å². The van der Waals surface area contributed by atoms with Crippen LogP contribution in [0.15, 0.2) is 48.5 Å². The Hall–Kier alpha value is -3.88. The summed E-state index contributed by atoms with van der Waals surface area (Å²) in [6.45, 7) is 2.03. The average Bonchev–Trinajstić information content (AvgIpc) is 3.24. The standard InChI is InChI=1S/C25H28N2O7/c1-3-4-13-33-24(30)17-9-11-19(12-10-17)26-22(28)16-34-25(31)18-14-23(29)27(15-18)20-7-5-6-8-21(20)32-2/h5-12,18H,3-4,13-16H2,1-2H3,(H,26,28)/t18-/m0/s1. The van der Waals surface area contributed by atoms with Crippen LogP contribution in [0.25, 0.3) is 0 Å². The lowest BCUT2D eigenvalue weighted by Crippen LogP contribution is -2.28. The number of para-hydroxylation sites is 2. The number of amides is 2. The maximum atomic E-state index is 12.4. The van der Waals surface area contributed by atoms with Gasteiger partial charge in [-0.3, -0.25) is 14.4 Å². The smallest absolute Gasteiger partial charge is 0.338 e. The van der Waals surface area contributed by atoms with Crippen LogP contribution in [0.5, 0.6) is 5.75 Å². The molecular formula is C25H28N2O7. The Labute approximate surface area is 198 Å². The van der Waals surface area contributed by atoms with Crippen LogP contribution >= 0.6 is 0 Å². The predicted octanol–water partition coefficient (Wildman–Crippen LogP) is 3.19. The molecule has 0 radical (unpaired) electrons. The Kier molecular flexibility index (Phi) is 8.61. The molecule has 1 heterocycles. The maximum Gasteiger partial charge on any atom is 0.338 e. The maximum absolute atomic E-state index is 12.4. The molecule has 2 aromatic carbocycles. The van der Waals surface area contributed by atoms with Crippen molar-refractivity contribution in [3.63, 3.8) is 0 Å². The van der Waals surface area contributed by atoms with Gasteiger partial charge >= 0.3 is 11.9 Å². The summed E-state index contributed by atoms with van der Waals surface area (Å²) in [7, 11) is 1.51. The van der Waals surface area contributed by atoms with E-state index in [2.05, 4.69) is 5.32 Å². The molecule has 180 valence electrons. The molecule has 1 fully saturated rings. The Bertz CT molecular complexity index is 1040. The third-order valence-corrected chi connectivity index (χ3v) is 5.32. The van der Waals surface area contributed by atoms with E-state index in [-0.39, 0.29) is 18.9 Å². The third kappa shape index (κ3) is 6.34. The van der Waals surface area contributed by atoms with E-state index in [9.17, 15) is 19.2 Å². The molecule has 1 aliphatic heterocycles. The van der Waals surface area contributed by atoms with E-state index >= 15 is 0 Å². The number of ether oxygens (including phenoxy) is 3. The molecule has 9 heteroatoms. The van der Waals surface area contributed by atoms with E-state index in [0.717, 1.165) is 12.8 Å². The van der Waals surface area contributed by atoms with Crippen molar-refractivity contribution in [3.8, 4) is 5.75 Å². The first-order valence-electron chi connectivity index (χ1n) is 11.1. The fraction of sp³-hybridized carbons (Fsp3) is 0.360. The van der Waals surface area contributed by atoms with Gasteiger partial charge in [-0.2, -0.15) is 0 Å². The first kappa shape index (κ1) is 24.8. The fourth-order valence-corrected chi connectivity index (χ4v) is 3.48. The Morgan fingerprint density at radius 3 is 2.50 bits per heavy atom. The number of nitrogens with one attached hydrogen (secondary N) is 1. The molecule has 2 amide bonds. The van der Waals surface area contributed by atoms with Gasteiger partial charge in [-0.1, -0.05) is 25.5 Å². The van der Waals surface area contributed by atoms with E-state index in [4.69, 9.17) is 14.2 Å². The van der Waals surface area contributed by atoms with Crippen LogP contribution in [0.4, 0.5) is 11.4 Å². The zero-order chi connectivity index (χ0) is 24.5. The lowest BCUT2D eigenvalue weighted by molar-refractivity contribution is -0.151. The van der Waals surface area contributed by atoms with Gasteiger partial charge in [0.1, 0.15) is 5.75 Å². The molecule has 2 aromatic rings. The minimum Gasteiger partial charge on any atom is -0.495 e. The summed E-state index contributed by atoms with van der Waals surface area (Å²) in [5.41, 5.74) is 1.41. The molecule has 9 nitrogen and oxygen atoms in total. The Morgan fingerprint density at radius 1 is 1.06 bits per heavy atom. The highest BCUT2D eigenvalue weighted by molar-refractivity contribution is 6.01. The van der Waals surface area contributed by atoms with Crippen molar-refractivity contribution in [1.82, 2.24) is 0 Å². The van der Waals surface area contributed by atoms with Crippen LogP contribution in [0, 0.1) is 5.92 Å². The fourth-order valence-electron chi connectivity index (χ4n) is 3.48. The summed E-state index contributed by atoms with van der Waals surface area (Å²) in [4.78, 5) is 50.5. The molecular weight excluding hydrogens is 440 g/mol. The van der Waals surface area contributed by atoms with Crippen LogP contribution in [0.3, 0.4) is 0 Å².